The zero-order valence-electron chi connectivity index (χ0n) is 17.9. The number of benzene rings is 3. The first kappa shape index (κ1) is 21.8. The van der Waals surface area contributed by atoms with Gasteiger partial charge in [-0.05, 0) is 48.9 Å². The number of fused-ring (bicyclic) bond motifs is 3. The highest BCUT2D eigenvalue weighted by Crippen LogP contribution is 2.42. The van der Waals surface area contributed by atoms with Gasteiger partial charge in [-0.2, -0.15) is 0 Å². The Kier molecular flexibility index (Phi) is 6.02. The van der Waals surface area contributed by atoms with Crippen LogP contribution in [0.4, 0.5) is 0 Å². The number of carbonyl (C=O) groups excluding carboxylic acids is 1. The number of para-hydroxylation sites is 1. The topological polar surface area (TPSA) is 48.0 Å². The van der Waals surface area contributed by atoms with Crippen molar-refractivity contribution in [2.24, 2.45) is 0 Å². The Hall–Kier alpha value is -2.99. The van der Waals surface area contributed by atoms with Crippen molar-refractivity contribution >= 4 is 35.1 Å². The molecule has 0 saturated heterocycles. The van der Waals surface area contributed by atoms with Crippen molar-refractivity contribution in [2.45, 2.75) is 20.0 Å². The van der Waals surface area contributed by atoms with Crippen LogP contribution in [0.3, 0.4) is 0 Å². The first-order valence-electron chi connectivity index (χ1n) is 10.6. The molecule has 0 spiro atoms. The largest absolute Gasteiger partial charge is 0.493 e. The third-order valence-electron chi connectivity index (χ3n) is 5.60. The van der Waals surface area contributed by atoms with E-state index in [1.165, 1.54) is 0 Å². The zero-order valence-corrected chi connectivity index (χ0v) is 19.4. The number of hydrogen-bond acceptors (Lipinski definition) is 5. The Bertz CT molecular complexity index is 1270. The van der Waals surface area contributed by atoms with Gasteiger partial charge in [-0.1, -0.05) is 47.5 Å². The number of halogens is 2. The first-order valence-corrected chi connectivity index (χ1v) is 11.4. The van der Waals surface area contributed by atoms with Crippen molar-refractivity contribution in [2.75, 3.05) is 13.3 Å². The van der Waals surface area contributed by atoms with Gasteiger partial charge in [-0.15, -0.1) is 0 Å². The molecule has 3 aromatic carbocycles. The van der Waals surface area contributed by atoms with E-state index < -0.39 is 0 Å². The van der Waals surface area contributed by atoms with Gasteiger partial charge >= 0.3 is 0 Å². The third-order valence-corrected chi connectivity index (χ3v) is 6.18. The fraction of sp³-hybridized carbons (Fsp3) is 0.192. The Morgan fingerprint density at radius 2 is 1.97 bits per heavy atom. The molecule has 0 atom stereocenters. The molecule has 7 heteroatoms. The normalized spacial score (nSPS) is 16.2. The summed E-state index contributed by atoms with van der Waals surface area (Å²) in [5.74, 6) is 2.08. The molecule has 2 aliphatic rings. The van der Waals surface area contributed by atoms with Gasteiger partial charge in [0.2, 0.25) is 5.78 Å². The number of ether oxygens (including phenoxy) is 3. The molecule has 2 heterocycles. The molecule has 0 bridgehead atoms. The number of ketones is 1. The molecule has 0 unspecified atom stereocenters. The van der Waals surface area contributed by atoms with Crippen LogP contribution >= 0.6 is 23.2 Å². The van der Waals surface area contributed by atoms with E-state index in [2.05, 4.69) is 4.90 Å². The summed E-state index contributed by atoms with van der Waals surface area (Å²) >= 11 is 12.4. The number of hydrogen-bond donors (Lipinski definition) is 0. The van der Waals surface area contributed by atoms with E-state index in [4.69, 9.17) is 37.4 Å². The third kappa shape index (κ3) is 4.32. The van der Waals surface area contributed by atoms with Crippen LogP contribution in [0.25, 0.3) is 6.08 Å². The average Bonchev–Trinajstić information content (AvgIpc) is 3.13. The molecular formula is C26H21Cl2NO4. The predicted octanol–water partition coefficient (Wildman–Crippen LogP) is 6.36. The van der Waals surface area contributed by atoms with Gasteiger partial charge < -0.3 is 14.2 Å². The SMILES string of the molecule is CCOc1ccccc1/C=C1\Oc2c(ccc3c2CN(Cc2ccc(Cl)cc2Cl)CO3)C1=O. The van der Waals surface area contributed by atoms with E-state index in [-0.39, 0.29) is 11.5 Å². The van der Waals surface area contributed by atoms with Crippen LogP contribution in [0.5, 0.6) is 17.2 Å². The molecule has 0 fully saturated rings. The van der Waals surface area contributed by atoms with E-state index in [1.54, 1.807) is 18.2 Å². The maximum atomic E-state index is 13.1. The highest BCUT2D eigenvalue weighted by atomic mass is 35.5. The Morgan fingerprint density at radius 3 is 2.79 bits per heavy atom. The lowest BCUT2D eigenvalue weighted by molar-refractivity contribution is 0.0873. The lowest BCUT2D eigenvalue weighted by Crippen LogP contribution is -2.31. The van der Waals surface area contributed by atoms with Gasteiger partial charge in [0.25, 0.3) is 0 Å². The van der Waals surface area contributed by atoms with Gasteiger partial charge in [-0.3, -0.25) is 9.69 Å². The van der Waals surface area contributed by atoms with Gasteiger partial charge in [-0.25, -0.2) is 0 Å². The van der Waals surface area contributed by atoms with E-state index in [1.807, 2.05) is 49.4 Å². The van der Waals surface area contributed by atoms with Crippen LogP contribution in [0.15, 0.2) is 60.4 Å². The summed E-state index contributed by atoms with van der Waals surface area (Å²) in [6.07, 6.45) is 1.73. The van der Waals surface area contributed by atoms with Gasteiger partial charge in [0, 0.05) is 28.7 Å². The fourth-order valence-electron chi connectivity index (χ4n) is 4.02. The van der Waals surface area contributed by atoms with E-state index in [0.29, 0.717) is 53.5 Å². The second-order valence-electron chi connectivity index (χ2n) is 7.83. The Morgan fingerprint density at radius 1 is 1.12 bits per heavy atom. The van der Waals surface area contributed by atoms with Crippen molar-refractivity contribution in [3.05, 3.63) is 92.7 Å². The summed E-state index contributed by atoms with van der Waals surface area (Å²) in [5, 5.41) is 1.20. The molecule has 0 aliphatic carbocycles. The average molecular weight is 482 g/mol. The molecule has 0 amide bonds. The highest BCUT2D eigenvalue weighted by molar-refractivity contribution is 6.35. The lowest BCUT2D eigenvalue weighted by atomic mass is 10.0. The molecule has 0 saturated carbocycles. The number of Topliss-reactive ketones (excluding diaryl/α,β-unsaturated/α-hetero) is 1. The number of rotatable bonds is 5. The van der Waals surface area contributed by atoms with Crippen molar-refractivity contribution in [3.8, 4) is 17.2 Å². The van der Waals surface area contributed by atoms with Crippen LogP contribution in [-0.2, 0) is 13.1 Å². The van der Waals surface area contributed by atoms with Gasteiger partial charge in [0.1, 0.15) is 24.0 Å². The molecule has 2 aliphatic heterocycles. The minimum Gasteiger partial charge on any atom is -0.493 e. The molecule has 3 aromatic rings. The second-order valence-corrected chi connectivity index (χ2v) is 8.67. The summed E-state index contributed by atoms with van der Waals surface area (Å²) < 4.78 is 17.7. The standard InChI is InChI=1S/C26H21Cl2NO4/c1-2-31-22-6-4-3-5-16(22)11-24-25(30)19-9-10-23-20(26(19)33-24)14-29(15-32-23)13-17-7-8-18(27)12-21(17)28/h3-12H,2,13-15H2,1H3/b24-11-. The predicted molar refractivity (Wildman–Crippen MR) is 128 cm³/mol. The van der Waals surface area contributed by atoms with Crippen LogP contribution in [-0.4, -0.2) is 24.0 Å². The number of nitrogens with zero attached hydrogens (tertiary/aromatic N) is 1. The summed E-state index contributed by atoms with van der Waals surface area (Å²) in [6, 6.07) is 16.6. The number of allylic oxidation sites excluding steroid dienone is 1. The highest BCUT2D eigenvalue weighted by Gasteiger charge is 2.34. The Balaban J connectivity index is 1.42. The van der Waals surface area contributed by atoms with E-state index >= 15 is 0 Å². The molecule has 0 aromatic heterocycles. The van der Waals surface area contributed by atoms with Crippen molar-refractivity contribution in [1.82, 2.24) is 4.90 Å². The monoisotopic (exact) mass is 481 g/mol. The molecule has 168 valence electrons. The quantitative estimate of drug-likeness (QED) is 0.396. The van der Waals surface area contributed by atoms with E-state index in [0.717, 1.165) is 22.4 Å². The molecule has 0 radical (unpaired) electrons. The summed E-state index contributed by atoms with van der Waals surface area (Å²) in [7, 11) is 0. The molecule has 5 rings (SSSR count). The van der Waals surface area contributed by atoms with Crippen molar-refractivity contribution < 1.29 is 19.0 Å². The van der Waals surface area contributed by atoms with Crippen LogP contribution in [0.2, 0.25) is 10.0 Å². The van der Waals surface area contributed by atoms with Crippen molar-refractivity contribution in [1.29, 1.82) is 0 Å². The summed E-state index contributed by atoms with van der Waals surface area (Å²) in [5.41, 5.74) is 3.12. The van der Waals surface area contributed by atoms with Gasteiger partial charge in [0.05, 0.1) is 17.7 Å². The van der Waals surface area contributed by atoms with Crippen molar-refractivity contribution in [3.63, 3.8) is 0 Å². The van der Waals surface area contributed by atoms with E-state index in [9.17, 15) is 4.79 Å². The first-order chi connectivity index (χ1) is 16.0. The molecule has 33 heavy (non-hydrogen) atoms. The zero-order chi connectivity index (χ0) is 22.9. The lowest BCUT2D eigenvalue weighted by Gasteiger charge is -2.30. The minimum absolute atomic E-state index is 0.156. The summed E-state index contributed by atoms with van der Waals surface area (Å²) in [6.45, 7) is 4.01. The molecule has 5 nitrogen and oxygen atoms in total. The van der Waals surface area contributed by atoms with Gasteiger partial charge in [0.15, 0.2) is 5.76 Å². The van der Waals surface area contributed by atoms with Crippen LogP contribution in [0, 0.1) is 0 Å². The summed E-state index contributed by atoms with van der Waals surface area (Å²) in [4.78, 5) is 15.2. The number of carbonyl (C=O) groups is 1. The maximum Gasteiger partial charge on any atom is 0.231 e. The smallest absolute Gasteiger partial charge is 0.231 e. The molecular weight excluding hydrogens is 461 g/mol. The fourth-order valence-corrected chi connectivity index (χ4v) is 4.49. The Labute approximate surface area is 202 Å². The molecule has 0 N–H and O–H groups in total. The minimum atomic E-state index is -0.156. The maximum absolute atomic E-state index is 13.1. The van der Waals surface area contributed by atoms with Crippen LogP contribution in [0.1, 0.15) is 34.0 Å². The second kappa shape index (κ2) is 9.10. The van der Waals surface area contributed by atoms with Crippen LogP contribution < -0.4 is 14.2 Å².